The Morgan fingerprint density at radius 3 is 2.82 bits per heavy atom. The summed E-state index contributed by atoms with van der Waals surface area (Å²) in [6.45, 7) is 4.05. The molecular weight excluding hydrogens is 276 g/mol. The van der Waals surface area contributed by atoms with E-state index in [1.165, 1.54) is 5.56 Å². The SMILES string of the molecule is CC(C)Oc1ccc(CCc2ncc[nH]2)c(-c2ccco2)c1. The monoisotopic (exact) mass is 296 g/mol. The molecule has 1 aromatic carbocycles. The van der Waals surface area contributed by atoms with Crippen LogP contribution in [0.3, 0.4) is 0 Å². The fourth-order valence-electron chi connectivity index (χ4n) is 2.47. The summed E-state index contributed by atoms with van der Waals surface area (Å²) >= 11 is 0. The van der Waals surface area contributed by atoms with Crippen LogP contribution in [0.15, 0.2) is 53.4 Å². The third-order valence-electron chi connectivity index (χ3n) is 3.43. The molecule has 0 aliphatic heterocycles. The van der Waals surface area contributed by atoms with Crippen LogP contribution in [0.5, 0.6) is 5.75 Å². The van der Waals surface area contributed by atoms with Gasteiger partial charge in [0.1, 0.15) is 17.3 Å². The number of aryl methyl sites for hydroxylation is 2. The molecule has 0 saturated carbocycles. The van der Waals surface area contributed by atoms with Gasteiger partial charge in [0, 0.05) is 24.4 Å². The minimum atomic E-state index is 0.151. The van der Waals surface area contributed by atoms with E-state index in [2.05, 4.69) is 22.1 Å². The molecule has 2 heterocycles. The summed E-state index contributed by atoms with van der Waals surface area (Å²) in [6, 6.07) is 10.1. The Morgan fingerprint density at radius 1 is 1.23 bits per heavy atom. The zero-order chi connectivity index (χ0) is 15.4. The summed E-state index contributed by atoms with van der Waals surface area (Å²) in [5.74, 6) is 2.72. The first-order chi connectivity index (χ1) is 10.7. The van der Waals surface area contributed by atoms with Crippen molar-refractivity contribution in [3.63, 3.8) is 0 Å². The highest BCUT2D eigenvalue weighted by Crippen LogP contribution is 2.29. The molecule has 0 fully saturated rings. The van der Waals surface area contributed by atoms with Crippen LogP contribution in [-0.4, -0.2) is 16.1 Å². The molecule has 22 heavy (non-hydrogen) atoms. The predicted octanol–water partition coefficient (Wildman–Crippen LogP) is 4.24. The summed E-state index contributed by atoms with van der Waals surface area (Å²) in [5, 5.41) is 0. The van der Waals surface area contributed by atoms with Crippen LogP contribution in [0.4, 0.5) is 0 Å². The molecule has 114 valence electrons. The molecule has 4 heteroatoms. The zero-order valence-corrected chi connectivity index (χ0v) is 12.9. The number of nitrogens with zero attached hydrogens (tertiary/aromatic N) is 1. The second-order valence-corrected chi connectivity index (χ2v) is 5.50. The molecule has 0 aliphatic carbocycles. The molecular formula is C18H20N2O2. The second kappa shape index (κ2) is 6.52. The van der Waals surface area contributed by atoms with E-state index < -0.39 is 0 Å². The lowest BCUT2D eigenvalue weighted by Gasteiger charge is -2.13. The van der Waals surface area contributed by atoms with Crippen LogP contribution in [-0.2, 0) is 12.8 Å². The van der Waals surface area contributed by atoms with Crippen LogP contribution in [0, 0.1) is 0 Å². The first kappa shape index (κ1) is 14.4. The highest BCUT2D eigenvalue weighted by atomic mass is 16.5. The Balaban J connectivity index is 1.87. The normalized spacial score (nSPS) is 11.0. The van der Waals surface area contributed by atoms with Gasteiger partial charge in [0.2, 0.25) is 0 Å². The van der Waals surface area contributed by atoms with Gasteiger partial charge in [-0.15, -0.1) is 0 Å². The molecule has 0 saturated heterocycles. The number of hydrogen-bond acceptors (Lipinski definition) is 3. The summed E-state index contributed by atoms with van der Waals surface area (Å²) in [6.07, 6.45) is 7.24. The van der Waals surface area contributed by atoms with E-state index >= 15 is 0 Å². The highest BCUT2D eigenvalue weighted by molar-refractivity contribution is 5.64. The third-order valence-corrected chi connectivity index (χ3v) is 3.43. The summed E-state index contributed by atoms with van der Waals surface area (Å²) in [4.78, 5) is 7.42. The lowest BCUT2D eigenvalue weighted by Crippen LogP contribution is -2.06. The van der Waals surface area contributed by atoms with Gasteiger partial charge in [-0.25, -0.2) is 4.98 Å². The van der Waals surface area contributed by atoms with Crippen molar-refractivity contribution in [3.05, 3.63) is 60.4 Å². The van der Waals surface area contributed by atoms with Gasteiger partial charge in [-0.1, -0.05) is 6.07 Å². The molecule has 3 aromatic rings. The molecule has 0 amide bonds. The number of aromatic amines is 1. The van der Waals surface area contributed by atoms with E-state index in [4.69, 9.17) is 9.15 Å². The Morgan fingerprint density at radius 2 is 2.14 bits per heavy atom. The van der Waals surface area contributed by atoms with Gasteiger partial charge in [-0.2, -0.15) is 0 Å². The fraction of sp³-hybridized carbons (Fsp3) is 0.278. The van der Waals surface area contributed by atoms with Crippen molar-refractivity contribution in [2.45, 2.75) is 32.8 Å². The predicted molar refractivity (Wildman–Crippen MR) is 85.9 cm³/mol. The van der Waals surface area contributed by atoms with E-state index in [1.54, 1.807) is 12.5 Å². The zero-order valence-electron chi connectivity index (χ0n) is 12.9. The fourth-order valence-corrected chi connectivity index (χ4v) is 2.47. The molecule has 4 nitrogen and oxygen atoms in total. The Labute approximate surface area is 130 Å². The molecule has 0 aliphatic rings. The number of aromatic nitrogens is 2. The maximum atomic E-state index is 5.80. The molecule has 0 spiro atoms. The first-order valence-electron chi connectivity index (χ1n) is 7.54. The number of furan rings is 1. The van der Waals surface area contributed by atoms with E-state index in [9.17, 15) is 0 Å². The van der Waals surface area contributed by atoms with Crippen LogP contribution >= 0.6 is 0 Å². The maximum Gasteiger partial charge on any atom is 0.134 e. The quantitative estimate of drug-likeness (QED) is 0.740. The van der Waals surface area contributed by atoms with Crippen molar-refractivity contribution in [3.8, 4) is 17.1 Å². The molecule has 0 radical (unpaired) electrons. The Hall–Kier alpha value is -2.49. The number of nitrogens with one attached hydrogen (secondary N) is 1. The maximum absolute atomic E-state index is 5.80. The van der Waals surface area contributed by atoms with Crippen molar-refractivity contribution >= 4 is 0 Å². The van der Waals surface area contributed by atoms with Gasteiger partial charge in [-0.3, -0.25) is 0 Å². The minimum Gasteiger partial charge on any atom is -0.491 e. The summed E-state index contributed by atoms with van der Waals surface area (Å²) in [7, 11) is 0. The van der Waals surface area contributed by atoms with Crippen molar-refractivity contribution in [2.75, 3.05) is 0 Å². The van der Waals surface area contributed by atoms with Crippen LogP contribution < -0.4 is 4.74 Å². The molecule has 0 bridgehead atoms. The number of benzene rings is 1. The van der Waals surface area contributed by atoms with Gasteiger partial charge in [0.05, 0.1) is 12.4 Å². The number of H-pyrrole nitrogens is 1. The average Bonchev–Trinajstić information content (AvgIpc) is 3.19. The molecule has 0 atom stereocenters. The lowest BCUT2D eigenvalue weighted by molar-refractivity contribution is 0.242. The number of ether oxygens (including phenoxy) is 1. The standard InChI is InChI=1S/C18H20N2O2/c1-13(2)22-15-7-5-14(6-8-18-19-9-10-20-18)16(12-15)17-4-3-11-21-17/h3-5,7,9-13H,6,8H2,1-2H3,(H,19,20). The number of rotatable bonds is 6. The average molecular weight is 296 g/mol. The van der Waals surface area contributed by atoms with E-state index in [1.807, 2.05) is 38.2 Å². The van der Waals surface area contributed by atoms with Crippen molar-refractivity contribution in [2.24, 2.45) is 0 Å². The van der Waals surface area contributed by atoms with Gasteiger partial charge in [0.25, 0.3) is 0 Å². The Kier molecular flexibility index (Phi) is 4.28. The van der Waals surface area contributed by atoms with Crippen LogP contribution in [0.1, 0.15) is 25.2 Å². The summed E-state index contributed by atoms with van der Waals surface area (Å²) < 4.78 is 11.4. The van der Waals surface area contributed by atoms with Crippen molar-refractivity contribution in [1.82, 2.24) is 9.97 Å². The molecule has 2 aromatic heterocycles. The van der Waals surface area contributed by atoms with Crippen molar-refractivity contribution in [1.29, 1.82) is 0 Å². The van der Waals surface area contributed by atoms with Crippen LogP contribution in [0.2, 0.25) is 0 Å². The van der Waals surface area contributed by atoms with Gasteiger partial charge >= 0.3 is 0 Å². The largest absolute Gasteiger partial charge is 0.491 e. The van der Waals surface area contributed by atoms with E-state index in [0.717, 1.165) is 35.7 Å². The first-order valence-corrected chi connectivity index (χ1v) is 7.54. The van der Waals surface area contributed by atoms with Gasteiger partial charge in [0.15, 0.2) is 0 Å². The second-order valence-electron chi connectivity index (χ2n) is 5.50. The molecule has 3 rings (SSSR count). The number of imidazole rings is 1. The highest BCUT2D eigenvalue weighted by Gasteiger charge is 2.11. The number of hydrogen-bond donors (Lipinski definition) is 1. The van der Waals surface area contributed by atoms with E-state index in [-0.39, 0.29) is 6.10 Å². The Bertz CT molecular complexity index is 701. The third kappa shape index (κ3) is 3.39. The minimum absolute atomic E-state index is 0.151. The lowest BCUT2D eigenvalue weighted by atomic mass is 10.0. The molecule has 0 unspecified atom stereocenters. The van der Waals surface area contributed by atoms with Crippen molar-refractivity contribution < 1.29 is 9.15 Å². The summed E-state index contributed by atoms with van der Waals surface area (Å²) in [5.41, 5.74) is 2.30. The topological polar surface area (TPSA) is 51.0 Å². The van der Waals surface area contributed by atoms with E-state index in [0.29, 0.717) is 0 Å². The molecule has 1 N–H and O–H groups in total. The smallest absolute Gasteiger partial charge is 0.134 e. The van der Waals surface area contributed by atoms with Gasteiger partial charge in [-0.05, 0) is 50.1 Å². The van der Waals surface area contributed by atoms with Gasteiger partial charge < -0.3 is 14.1 Å². The van der Waals surface area contributed by atoms with Crippen LogP contribution in [0.25, 0.3) is 11.3 Å².